The number of nitrogens with one attached hydrogen (secondary N) is 1. The van der Waals surface area contributed by atoms with E-state index in [0.717, 1.165) is 11.3 Å². The molecule has 0 spiro atoms. The fraction of sp³-hybridized carbons (Fsp3) is 0.167. The van der Waals surface area contributed by atoms with E-state index in [2.05, 4.69) is 64.9 Å². The van der Waals surface area contributed by atoms with Crippen molar-refractivity contribution in [3.8, 4) is 0 Å². The van der Waals surface area contributed by atoms with Crippen LogP contribution in [0.2, 0.25) is 0 Å². The fourth-order valence-electron chi connectivity index (χ4n) is 2.35. The molecule has 21 heavy (non-hydrogen) atoms. The SMILES string of the molecule is CNC(CSc1ccccc1)c1ccc2ncccc2c1. The first-order chi connectivity index (χ1) is 10.4. The summed E-state index contributed by atoms with van der Waals surface area (Å²) in [5, 5.41) is 4.61. The molecule has 1 atom stereocenters. The van der Waals surface area contributed by atoms with Crippen molar-refractivity contribution >= 4 is 22.7 Å². The minimum Gasteiger partial charge on any atom is -0.312 e. The average Bonchev–Trinajstić information content (AvgIpc) is 2.56. The number of aromatic nitrogens is 1. The molecule has 1 heterocycles. The van der Waals surface area contributed by atoms with E-state index in [0.29, 0.717) is 6.04 Å². The number of fused-ring (bicyclic) bond motifs is 1. The van der Waals surface area contributed by atoms with Gasteiger partial charge in [0.05, 0.1) is 5.52 Å². The van der Waals surface area contributed by atoms with Crippen LogP contribution in [0.5, 0.6) is 0 Å². The Kier molecular flexibility index (Phi) is 4.53. The second-order valence-corrected chi connectivity index (χ2v) is 6.01. The maximum atomic E-state index is 4.38. The van der Waals surface area contributed by atoms with E-state index in [1.165, 1.54) is 15.8 Å². The summed E-state index contributed by atoms with van der Waals surface area (Å²) in [5.74, 6) is 1.01. The number of nitrogens with zero attached hydrogens (tertiary/aromatic N) is 1. The molecule has 0 aliphatic heterocycles. The molecule has 1 N–H and O–H groups in total. The Morgan fingerprint density at radius 2 is 1.90 bits per heavy atom. The summed E-state index contributed by atoms with van der Waals surface area (Å²) in [6.45, 7) is 0. The second-order valence-electron chi connectivity index (χ2n) is 4.92. The van der Waals surface area contributed by atoms with E-state index in [-0.39, 0.29) is 0 Å². The molecule has 0 amide bonds. The maximum absolute atomic E-state index is 4.38. The second kappa shape index (κ2) is 6.74. The average molecular weight is 294 g/mol. The number of hydrogen-bond acceptors (Lipinski definition) is 3. The first-order valence-electron chi connectivity index (χ1n) is 7.06. The van der Waals surface area contributed by atoms with Crippen molar-refractivity contribution in [1.29, 1.82) is 0 Å². The van der Waals surface area contributed by atoms with Gasteiger partial charge in [0, 0.05) is 28.3 Å². The molecule has 0 bridgehead atoms. The Morgan fingerprint density at radius 3 is 2.71 bits per heavy atom. The Bertz CT molecular complexity index is 712. The van der Waals surface area contributed by atoms with Crippen molar-refractivity contribution in [3.63, 3.8) is 0 Å². The van der Waals surface area contributed by atoms with Crippen molar-refractivity contribution < 1.29 is 0 Å². The number of pyridine rings is 1. The molecule has 0 fully saturated rings. The van der Waals surface area contributed by atoms with E-state index in [4.69, 9.17) is 0 Å². The van der Waals surface area contributed by atoms with Gasteiger partial charge in [-0.15, -0.1) is 11.8 Å². The van der Waals surface area contributed by atoms with Crippen LogP contribution in [0.15, 0.2) is 71.8 Å². The minimum atomic E-state index is 0.333. The maximum Gasteiger partial charge on any atom is 0.0702 e. The Balaban J connectivity index is 1.78. The van der Waals surface area contributed by atoms with E-state index in [1.807, 2.05) is 31.1 Å². The lowest BCUT2D eigenvalue weighted by Gasteiger charge is -2.17. The molecule has 1 aromatic heterocycles. The monoisotopic (exact) mass is 294 g/mol. The molecule has 0 saturated carbocycles. The van der Waals surface area contributed by atoms with Crippen molar-refractivity contribution in [2.24, 2.45) is 0 Å². The predicted octanol–water partition coefficient (Wildman–Crippen LogP) is 4.29. The van der Waals surface area contributed by atoms with Gasteiger partial charge in [-0.25, -0.2) is 0 Å². The normalized spacial score (nSPS) is 12.4. The summed E-state index contributed by atoms with van der Waals surface area (Å²) >= 11 is 1.88. The summed E-state index contributed by atoms with van der Waals surface area (Å²) < 4.78 is 0. The van der Waals surface area contributed by atoms with Gasteiger partial charge in [0.2, 0.25) is 0 Å². The van der Waals surface area contributed by atoms with Crippen molar-refractivity contribution in [1.82, 2.24) is 10.3 Å². The van der Waals surface area contributed by atoms with Gasteiger partial charge in [-0.05, 0) is 42.9 Å². The van der Waals surface area contributed by atoms with Gasteiger partial charge in [-0.3, -0.25) is 4.98 Å². The standard InChI is InChI=1S/C18H18N2S/c1-19-18(13-21-16-7-3-2-4-8-16)15-9-10-17-14(12-15)6-5-11-20-17/h2-12,18-19H,13H2,1H3. The number of hydrogen-bond donors (Lipinski definition) is 1. The summed E-state index contributed by atoms with van der Waals surface area (Å²) in [7, 11) is 2.02. The molecule has 106 valence electrons. The van der Waals surface area contributed by atoms with E-state index < -0.39 is 0 Å². The highest BCUT2D eigenvalue weighted by Gasteiger charge is 2.10. The first kappa shape index (κ1) is 14.1. The number of benzene rings is 2. The smallest absolute Gasteiger partial charge is 0.0702 e. The molecule has 0 aliphatic rings. The zero-order valence-corrected chi connectivity index (χ0v) is 12.8. The zero-order valence-electron chi connectivity index (χ0n) is 12.0. The molecule has 0 saturated heterocycles. The molecule has 3 rings (SSSR count). The van der Waals surface area contributed by atoms with E-state index in [9.17, 15) is 0 Å². The fourth-order valence-corrected chi connectivity index (χ4v) is 3.42. The molecule has 1 unspecified atom stereocenters. The van der Waals surface area contributed by atoms with Gasteiger partial charge < -0.3 is 5.32 Å². The Hall–Kier alpha value is -1.84. The summed E-state index contributed by atoms with van der Waals surface area (Å²) in [5.41, 5.74) is 2.35. The van der Waals surface area contributed by atoms with Crippen LogP contribution < -0.4 is 5.32 Å². The molecule has 0 radical (unpaired) electrons. The molecule has 3 aromatic rings. The molecular formula is C18H18N2S. The third kappa shape index (κ3) is 3.43. The summed E-state index contributed by atoms with van der Waals surface area (Å²) in [6.07, 6.45) is 1.84. The van der Waals surface area contributed by atoms with Gasteiger partial charge in [0.1, 0.15) is 0 Å². The first-order valence-corrected chi connectivity index (χ1v) is 8.05. The number of thioether (sulfide) groups is 1. The summed E-state index contributed by atoms with van der Waals surface area (Å²) in [6, 6.07) is 21.5. The van der Waals surface area contributed by atoms with Crippen LogP contribution in [0.1, 0.15) is 11.6 Å². The lowest BCUT2D eigenvalue weighted by Crippen LogP contribution is -2.18. The van der Waals surface area contributed by atoms with Crippen molar-refractivity contribution in [3.05, 3.63) is 72.4 Å². The number of rotatable bonds is 5. The van der Waals surface area contributed by atoms with Crippen LogP contribution in [0, 0.1) is 0 Å². The van der Waals surface area contributed by atoms with Crippen LogP contribution in [0.3, 0.4) is 0 Å². The Morgan fingerprint density at radius 1 is 1.05 bits per heavy atom. The van der Waals surface area contributed by atoms with Crippen molar-refractivity contribution in [2.45, 2.75) is 10.9 Å². The molecule has 3 heteroatoms. The quantitative estimate of drug-likeness (QED) is 0.711. The molecule has 2 nitrogen and oxygen atoms in total. The molecular weight excluding hydrogens is 276 g/mol. The zero-order chi connectivity index (χ0) is 14.5. The lowest BCUT2D eigenvalue weighted by molar-refractivity contribution is 0.662. The highest BCUT2D eigenvalue weighted by molar-refractivity contribution is 7.99. The topological polar surface area (TPSA) is 24.9 Å². The van der Waals surface area contributed by atoms with Gasteiger partial charge >= 0.3 is 0 Å². The predicted molar refractivity (Wildman–Crippen MR) is 90.7 cm³/mol. The van der Waals surface area contributed by atoms with E-state index in [1.54, 1.807) is 0 Å². The van der Waals surface area contributed by atoms with Crippen LogP contribution in [-0.4, -0.2) is 17.8 Å². The molecule has 2 aromatic carbocycles. The van der Waals surface area contributed by atoms with Crippen LogP contribution >= 0.6 is 11.8 Å². The lowest BCUT2D eigenvalue weighted by atomic mass is 10.1. The van der Waals surface area contributed by atoms with Crippen LogP contribution in [-0.2, 0) is 0 Å². The van der Waals surface area contributed by atoms with Gasteiger partial charge in [-0.1, -0.05) is 30.3 Å². The van der Waals surface area contributed by atoms with Crippen LogP contribution in [0.4, 0.5) is 0 Å². The van der Waals surface area contributed by atoms with Crippen molar-refractivity contribution in [2.75, 3.05) is 12.8 Å². The highest BCUT2D eigenvalue weighted by atomic mass is 32.2. The van der Waals surface area contributed by atoms with E-state index >= 15 is 0 Å². The van der Waals surface area contributed by atoms with Crippen LogP contribution in [0.25, 0.3) is 10.9 Å². The largest absolute Gasteiger partial charge is 0.312 e. The third-order valence-electron chi connectivity index (χ3n) is 3.54. The minimum absolute atomic E-state index is 0.333. The Labute approximate surface area is 129 Å². The third-order valence-corrected chi connectivity index (χ3v) is 4.64. The van der Waals surface area contributed by atoms with Gasteiger partial charge in [0.15, 0.2) is 0 Å². The highest BCUT2D eigenvalue weighted by Crippen LogP contribution is 2.26. The van der Waals surface area contributed by atoms with Gasteiger partial charge in [-0.2, -0.15) is 0 Å². The van der Waals surface area contributed by atoms with Gasteiger partial charge in [0.25, 0.3) is 0 Å². The summed E-state index contributed by atoms with van der Waals surface area (Å²) in [4.78, 5) is 5.68. The molecule has 0 aliphatic carbocycles.